The first kappa shape index (κ1) is 20.8. The summed E-state index contributed by atoms with van der Waals surface area (Å²) in [4.78, 5) is 0. The molecule has 1 N–H and O–H groups in total. The standard InChI is InChI=1S/C17H34O5Si/c1-13(10-15(18)16-11-21-17(3,4)22-16)14(2)20-12-19-8-9-23(5,6)7/h14-16,18H,1,8-12H2,2-7H3/t14-,15-,16-/m1/s1. The summed E-state index contributed by atoms with van der Waals surface area (Å²) < 4.78 is 22.3. The molecular formula is C17H34O5Si. The van der Waals surface area contributed by atoms with Crippen molar-refractivity contribution in [2.24, 2.45) is 0 Å². The fourth-order valence-electron chi connectivity index (χ4n) is 2.18. The molecular weight excluding hydrogens is 312 g/mol. The molecule has 1 heterocycles. The molecule has 136 valence electrons. The van der Waals surface area contributed by atoms with Crippen LogP contribution in [-0.2, 0) is 18.9 Å². The van der Waals surface area contributed by atoms with E-state index in [-0.39, 0.29) is 19.0 Å². The van der Waals surface area contributed by atoms with Gasteiger partial charge in [0.1, 0.15) is 12.9 Å². The Labute approximate surface area is 142 Å². The van der Waals surface area contributed by atoms with Crippen LogP contribution < -0.4 is 0 Å². The van der Waals surface area contributed by atoms with Crippen LogP contribution in [0.3, 0.4) is 0 Å². The van der Waals surface area contributed by atoms with Crippen LogP contribution in [0.25, 0.3) is 0 Å². The van der Waals surface area contributed by atoms with Gasteiger partial charge < -0.3 is 24.1 Å². The number of hydrogen-bond acceptors (Lipinski definition) is 5. The van der Waals surface area contributed by atoms with E-state index in [0.717, 1.165) is 18.2 Å². The molecule has 0 amide bonds. The normalized spacial score (nSPS) is 23.7. The van der Waals surface area contributed by atoms with Crippen LogP contribution in [0.15, 0.2) is 12.2 Å². The summed E-state index contributed by atoms with van der Waals surface area (Å²) in [6, 6.07) is 1.12. The largest absolute Gasteiger partial charge is 0.390 e. The molecule has 23 heavy (non-hydrogen) atoms. The predicted octanol–water partition coefficient (Wildman–Crippen LogP) is 3.16. The molecule has 0 aliphatic carbocycles. The first-order valence-corrected chi connectivity index (χ1v) is 12.1. The van der Waals surface area contributed by atoms with Gasteiger partial charge in [-0.25, -0.2) is 0 Å². The highest BCUT2D eigenvalue weighted by Gasteiger charge is 2.37. The SMILES string of the molecule is C=C(C[C@@H](O)[C@H]1COC(C)(C)O1)[C@@H](C)OCOCC[Si](C)(C)C. The van der Waals surface area contributed by atoms with Gasteiger partial charge in [0, 0.05) is 14.7 Å². The minimum absolute atomic E-state index is 0.160. The molecule has 0 spiro atoms. The third-order valence-corrected chi connectivity index (χ3v) is 5.61. The molecule has 1 saturated heterocycles. The molecule has 1 aliphatic rings. The number of aliphatic hydroxyl groups excluding tert-OH is 1. The molecule has 0 bridgehead atoms. The van der Waals surface area contributed by atoms with Gasteiger partial charge in [-0.2, -0.15) is 0 Å². The van der Waals surface area contributed by atoms with Crippen LogP contribution in [0.2, 0.25) is 25.7 Å². The van der Waals surface area contributed by atoms with Crippen molar-refractivity contribution in [2.45, 2.75) is 77.0 Å². The van der Waals surface area contributed by atoms with Gasteiger partial charge in [0.2, 0.25) is 0 Å². The van der Waals surface area contributed by atoms with Crippen molar-refractivity contribution >= 4 is 8.07 Å². The molecule has 1 aliphatic heterocycles. The topological polar surface area (TPSA) is 57.2 Å². The van der Waals surface area contributed by atoms with Gasteiger partial charge in [-0.15, -0.1) is 0 Å². The van der Waals surface area contributed by atoms with Crippen LogP contribution in [-0.4, -0.2) is 57.3 Å². The Morgan fingerprint density at radius 2 is 2.04 bits per heavy atom. The fourth-order valence-corrected chi connectivity index (χ4v) is 2.93. The van der Waals surface area contributed by atoms with Gasteiger partial charge in [-0.1, -0.05) is 26.2 Å². The van der Waals surface area contributed by atoms with Gasteiger partial charge in [0.25, 0.3) is 0 Å². The summed E-state index contributed by atoms with van der Waals surface area (Å²) in [7, 11) is -1.06. The molecule has 1 fully saturated rings. The molecule has 0 saturated carbocycles. The first-order valence-electron chi connectivity index (χ1n) is 8.37. The Morgan fingerprint density at radius 1 is 1.39 bits per heavy atom. The Bertz CT molecular complexity index is 378. The Kier molecular flexibility index (Phi) is 7.90. The van der Waals surface area contributed by atoms with Crippen molar-refractivity contribution in [1.82, 2.24) is 0 Å². The lowest BCUT2D eigenvalue weighted by atomic mass is 10.0. The zero-order valence-corrected chi connectivity index (χ0v) is 16.6. The van der Waals surface area contributed by atoms with Crippen LogP contribution in [0, 0.1) is 0 Å². The quantitative estimate of drug-likeness (QED) is 0.285. The van der Waals surface area contributed by atoms with Gasteiger partial charge in [-0.05, 0) is 38.8 Å². The summed E-state index contributed by atoms with van der Waals surface area (Å²) in [5.41, 5.74) is 0.833. The molecule has 0 unspecified atom stereocenters. The smallest absolute Gasteiger partial charge is 0.163 e. The first-order chi connectivity index (χ1) is 10.5. The fraction of sp³-hybridized carbons (Fsp3) is 0.882. The monoisotopic (exact) mass is 346 g/mol. The predicted molar refractivity (Wildman–Crippen MR) is 94.2 cm³/mol. The molecule has 0 aromatic rings. The number of aliphatic hydroxyl groups is 1. The number of rotatable bonds is 10. The Balaban J connectivity index is 2.21. The van der Waals surface area contributed by atoms with Crippen LogP contribution in [0.4, 0.5) is 0 Å². The van der Waals surface area contributed by atoms with Crippen molar-refractivity contribution in [3.05, 3.63) is 12.2 Å². The van der Waals surface area contributed by atoms with Crippen LogP contribution in [0.5, 0.6) is 0 Å². The van der Waals surface area contributed by atoms with Gasteiger partial charge in [0.05, 0.1) is 18.8 Å². The average molecular weight is 347 g/mol. The van der Waals surface area contributed by atoms with E-state index in [9.17, 15) is 5.11 Å². The van der Waals surface area contributed by atoms with E-state index in [2.05, 4.69) is 26.2 Å². The third kappa shape index (κ3) is 8.42. The second kappa shape index (κ2) is 8.74. The van der Waals surface area contributed by atoms with E-state index < -0.39 is 20.0 Å². The second-order valence-electron chi connectivity index (χ2n) is 7.94. The molecule has 5 nitrogen and oxygen atoms in total. The van der Waals surface area contributed by atoms with E-state index >= 15 is 0 Å². The molecule has 0 aromatic heterocycles. The summed E-state index contributed by atoms with van der Waals surface area (Å²) >= 11 is 0. The van der Waals surface area contributed by atoms with Gasteiger partial charge >= 0.3 is 0 Å². The van der Waals surface area contributed by atoms with Gasteiger partial charge in [-0.3, -0.25) is 0 Å². The third-order valence-electron chi connectivity index (χ3n) is 3.90. The zero-order chi connectivity index (χ0) is 17.7. The zero-order valence-electron chi connectivity index (χ0n) is 15.6. The van der Waals surface area contributed by atoms with E-state index in [0.29, 0.717) is 13.0 Å². The lowest BCUT2D eigenvalue weighted by molar-refractivity contribution is -0.151. The maximum absolute atomic E-state index is 10.3. The summed E-state index contributed by atoms with van der Waals surface area (Å²) in [5.74, 6) is -0.626. The lowest BCUT2D eigenvalue weighted by Gasteiger charge is -2.23. The summed E-state index contributed by atoms with van der Waals surface area (Å²) in [6.07, 6.45) is -0.683. The number of ether oxygens (including phenoxy) is 4. The highest BCUT2D eigenvalue weighted by molar-refractivity contribution is 6.76. The van der Waals surface area contributed by atoms with Crippen LogP contribution >= 0.6 is 0 Å². The maximum atomic E-state index is 10.3. The average Bonchev–Trinajstić information content (AvgIpc) is 2.77. The number of hydrogen-bond donors (Lipinski definition) is 1. The van der Waals surface area contributed by atoms with Crippen molar-refractivity contribution in [3.8, 4) is 0 Å². The van der Waals surface area contributed by atoms with Crippen molar-refractivity contribution in [1.29, 1.82) is 0 Å². The van der Waals surface area contributed by atoms with Crippen molar-refractivity contribution in [2.75, 3.05) is 20.0 Å². The second-order valence-corrected chi connectivity index (χ2v) is 13.6. The Hall–Kier alpha value is -0.243. The Morgan fingerprint density at radius 3 is 2.57 bits per heavy atom. The summed E-state index contributed by atoms with van der Waals surface area (Å²) in [6.45, 7) is 18.0. The molecule has 6 heteroatoms. The minimum atomic E-state index is -1.06. The highest BCUT2D eigenvalue weighted by atomic mass is 28.3. The van der Waals surface area contributed by atoms with E-state index in [1.54, 1.807) is 0 Å². The minimum Gasteiger partial charge on any atom is -0.390 e. The molecule has 1 rings (SSSR count). The van der Waals surface area contributed by atoms with Crippen molar-refractivity contribution < 1.29 is 24.1 Å². The lowest BCUT2D eigenvalue weighted by Crippen LogP contribution is -2.32. The van der Waals surface area contributed by atoms with E-state index in [1.165, 1.54) is 0 Å². The van der Waals surface area contributed by atoms with E-state index in [1.807, 2.05) is 20.8 Å². The van der Waals surface area contributed by atoms with Crippen molar-refractivity contribution in [3.63, 3.8) is 0 Å². The van der Waals surface area contributed by atoms with E-state index in [4.69, 9.17) is 18.9 Å². The molecule has 0 aromatic carbocycles. The molecule has 3 atom stereocenters. The summed E-state index contributed by atoms with van der Waals surface area (Å²) in [5, 5.41) is 10.3. The van der Waals surface area contributed by atoms with Crippen LogP contribution in [0.1, 0.15) is 27.2 Å². The maximum Gasteiger partial charge on any atom is 0.163 e. The molecule has 0 radical (unpaired) electrons. The van der Waals surface area contributed by atoms with Gasteiger partial charge in [0.15, 0.2) is 5.79 Å². The highest BCUT2D eigenvalue weighted by Crippen LogP contribution is 2.26.